The number of carboxylic acid groups (broad SMARTS) is 1. The summed E-state index contributed by atoms with van der Waals surface area (Å²) in [5.41, 5.74) is 2.50. The number of pyridine rings is 1. The third kappa shape index (κ3) is 3.14. The Balaban J connectivity index is 1.83. The summed E-state index contributed by atoms with van der Waals surface area (Å²) in [5, 5.41) is 13.4. The number of hydrogen-bond acceptors (Lipinski definition) is 4. The van der Waals surface area contributed by atoms with Crippen LogP contribution in [0.2, 0.25) is 0 Å². The zero-order valence-corrected chi connectivity index (χ0v) is 12.5. The molecule has 0 spiro atoms. The zero-order valence-electron chi connectivity index (χ0n) is 11.7. The Bertz CT molecular complexity index is 578. The van der Waals surface area contributed by atoms with Crippen molar-refractivity contribution in [1.82, 2.24) is 9.88 Å². The SMILES string of the molecule is O=C(O)C1CCN(C(c2ccncc2)c2ccsc2)CC1. The molecule has 1 aliphatic rings. The van der Waals surface area contributed by atoms with Gasteiger partial charge < -0.3 is 5.11 Å². The highest BCUT2D eigenvalue weighted by atomic mass is 32.1. The van der Waals surface area contributed by atoms with Crippen LogP contribution in [0.4, 0.5) is 0 Å². The number of thiophene rings is 1. The van der Waals surface area contributed by atoms with Gasteiger partial charge in [0.05, 0.1) is 12.0 Å². The predicted octanol–water partition coefficient (Wildman–Crippen LogP) is 3.03. The van der Waals surface area contributed by atoms with Gasteiger partial charge in [-0.25, -0.2) is 0 Å². The molecule has 0 aromatic carbocycles. The molecular formula is C16H18N2O2S. The van der Waals surface area contributed by atoms with E-state index < -0.39 is 5.97 Å². The van der Waals surface area contributed by atoms with E-state index >= 15 is 0 Å². The van der Waals surface area contributed by atoms with E-state index in [-0.39, 0.29) is 12.0 Å². The molecule has 21 heavy (non-hydrogen) atoms. The van der Waals surface area contributed by atoms with Gasteiger partial charge in [-0.3, -0.25) is 14.7 Å². The molecule has 1 aliphatic heterocycles. The average Bonchev–Trinajstić information content (AvgIpc) is 3.03. The molecule has 5 heteroatoms. The number of hydrogen-bond donors (Lipinski definition) is 1. The molecule has 2 aromatic rings. The minimum atomic E-state index is -0.661. The second-order valence-corrected chi connectivity index (χ2v) is 6.17. The van der Waals surface area contributed by atoms with Crippen LogP contribution < -0.4 is 0 Å². The van der Waals surface area contributed by atoms with Gasteiger partial charge in [-0.1, -0.05) is 0 Å². The number of aliphatic carboxylic acids is 1. The minimum Gasteiger partial charge on any atom is -0.481 e. The van der Waals surface area contributed by atoms with Crippen LogP contribution in [0.25, 0.3) is 0 Å². The highest BCUT2D eigenvalue weighted by molar-refractivity contribution is 7.08. The standard InChI is InChI=1S/C16H18N2O2S/c19-16(20)13-3-8-18(9-4-13)15(14-5-10-21-11-14)12-1-6-17-7-2-12/h1-2,5-7,10-11,13,15H,3-4,8-9H2,(H,19,20). The molecule has 2 aromatic heterocycles. The van der Waals surface area contributed by atoms with Gasteiger partial charge in [0, 0.05) is 12.4 Å². The Morgan fingerprint density at radius 1 is 1.24 bits per heavy atom. The van der Waals surface area contributed by atoms with E-state index in [0.29, 0.717) is 0 Å². The molecular weight excluding hydrogens is 284 g/mol. The van der Waals surface area contributed by atoms with Crippen LogP contribution in [-0.2, 0) is 4.79 Å². The Morgan fingerprint density at radius 2 is 1.95 bits per heavy atom. The first-order valence-corrected chi connectivity index (χ1v) is 8.09. The summed E-state index contributed by atoms with van der Waals surface area (Å²) in [6, 6.07) is 6.45. The fraction of sp³-hybridized carbons (Fsp3) is 0.375. The van der Waals surface area contributed by atoms with Crippen molar-refractivity contribution in [3.8, 4) is 0 Å². The van der Waals surface area contributed by atoms with Crippen LogP contribution in [0.5, 0.6) is 0 Å². The summed E-state index contributed by atoms with van der Waals surface area (Å²) in [6.07, 6.45) is 5.08. The van der Waals surface area contributed by atoms with Gasteiger partial charge in [0.1, 0.15) is 0 Å². The molecule has 3 heterocycles. The highest BCUT2D eigenvalue weighted by Gasteiger charge is 2.30. The lowest BCUT2D eigenvalue weighted by molar-refractivity contribution is -0.143. The van der Waals surface area contributed by atoms with E-state index in [1.54, 1.807) is 11.3 Å². The van der Waals surface area contributed by atoms with Crippen LogP contribution in [0.3, 0.4) is 0 Å². The lowest BCUT2D eigenvalue weighted by Crippen LogP contribution is -2.39. The van der Waals surface area contributed by atoms with Crippen molar-refractivity contribution >= 4 is 17.3 Å². The third-order valence-electron chi connectivity index (χ3n) is 4.12. The first-order chi connectivity index (χ1) is 10.3. The van der Waals surface area contributed by atoms with Crippen LogP contribution >= 0.6 is 11.3 Å². The Kier molecular flexibility index (Phi) is 4.31. The molecule has 0 saturated carbocycles. The normalized spacial score (nSPS) is 18.5. The van der Waals surface area contributed by atoms with Gasteiger partial charge in [-0.2, -0.15) is 11.3 Å². The van der Waals surface area contributed by atoms with E-state index in [4.69, 9.17) is 5.11 Å². The van der Waals surface area contributed by atoms with Gasteiger partial charge >= 0.3 is 5.97 Å². The van der Waals surface area contributed by atoms with Gasteiger partial charge in [-0.15, -0.1) is 0 Å². The number of nitrogens with zero attached hydrogens (tertiary/aromatic N) is 2. The summed E-state index contributed by atoms with van der Waals surface area (Å²) >= 11 is 1.70. The second-order valence-electron chi connectivity index (χ2n) is 5.39. The fourth-order valence-electron chi connectivity index (χ4n) is 3.00. The fourth-order valence-corrected chi connectivity index (χ4v) is 3.67. The molecule has 1 N–H and O–H groups in total. The van der Waals surface area contributed by atoms with Crippen LogP contribution in [0.1, 0.15) is 30.0 Å². The van der Waals surface area contributed by atoms with Crippen molar-refractivity contribution in [3.05, 3.63) is 52.5 Å². The highest BCUT2D eigenvalue weighted by Crippen LogP contribution is 2.33. The maximum atomic E-state index is 11.1. The van der Waals surface area contributed by atoms with E-state index in [1.807, 2.05) is 24.5 Å². The van der Waals surface area contributed by atoms with Gasteiger partial charge in [0.15, 0.2) is 0 Å². The Labute approximate surface area is 128 Å². The quantitative estimate of drug-likeness (QED) is 0.943. The van der Waals surface area contributed by atoms with E-state index in [0.717, 1.165) is 25.9 Å². The molecule has 1 unspecified atom stereocenters. The van der Waals surface area contributed by atoms with Crippen LogP contribution in [0, 0.1) is 5.92 Å². The average molecular weight is 302 g/mol. The molecule has 0 aliphatic carbocycles. The van der Waals surface area contributed by atoms with E-state index in [9.17, 15) is 4.79 Å². The van der Waals surface area contributed by atoms with Crippen LogP contribution in [0.15, 0.2) is 41.4 Å². The van der Waals surface area contributed by atoms with Crippen molar-refractivity contribution in [3.63, 3.8) is 0 Å². The van der Waals surface area contributed by atoms with Crippen molar-refractivity contribution in [2.75, 3.05) is 13.1 Å². The Morgan fingerprint density at radius 3 is 2.52 bits per heavy atom. The molecule has 1 atom stereocenters. The van der Waals surface area contributed by atoms with E-state index in [2.05, 4.69) is 26.7 Å². The lowest BCUT2D eigenvalue weighted by atomic mass is 9.92. The molecule has 1 saturated heterocycles. The Hall–Kier alpha value is -1.72. The molecule has 4 nitrogen and oxygen atoms in total. The van der Waals surface area contributed by atoms with Crippen molar-refractivity contribution in [1.29, 1.82) is 0 Å². The summed E-state index contributed by atoms with van der Waals surface area (Å²) in [4.78, 5) is 17.6. The smallest absolute Gasteiger partial charge is 0.306 e. The van der Waals surface area contributed by atoms with Crippen molar-refractivity contribution in [2.45, 2.75) is 18.9 Å². The molecule has 110 valence electrons. The first kappa shape index (κ1) is 14.2. The van der Waals surface area contributed by atoms with Crippen LogP contribution in [-0.4, -0.2) is 34.0 Å². The van der Waals surface area contributed by atoms with Gasteiger partial charge in [0.25, 0.3) is 0 Å². The number of piperidine rings is 1. The maximum absolute atomic E-state index is 11.1. The first-order valence-electron chi connectivity index (χ1n) is 7.14. The predicted molar refractivity (Wildman–Crippen MR) is 82.3 cm³/mol. The monoisotopic (exact) mass is 302 g/mol. The van der Waals surface area contributed by atoms with Gasteiger partial charge in [0.2, 0.25) is 0 Å². The number of carbonyl (C=O) groups is 1. The molecule has 1 fully saturated rings. The van der Waals surface area contributed by atoms with Crippen molar-refractivity contribution < 1.29 is 9.90 Å². The minimum absolute atomic E-state index is 0.193. The third-order valence-corrected chi connectivity index (χ3v) is 4.83. The number of rotatable bonds is 4. The summed E-state index contributed by atoms with van der Waals surface area (Å²) in [5.74, 6) is -0.854. The number of aromatic nitrogens is 1. The zero-order chi connectivity index (χ0) is 14.7. The van der Waals surface area contributed by atoms with Crippen molar-refractivity contribution in [2.24, 2.45) is 5.92 Å². The summed E-state index contributed by atoms with van der Waals surface area (Å²) in [7, 11) is 0. The van der Waals surface area contributed by atoms with E-state index in [1.165, 1.54) is 11.1 Å². The largest absolute Gasteiger partial charge is 0.481 e. The lowest BCUT2D eigenvalue weighted by Gasteiger charge is -2.36. The summed E-state index contributed by atoms with van der Waals surface area (Å²) in [6.45, 7) is 1.64. The maximum Gasteiger partial charge on any atom is 0.306 e. The number of likely N-dealkylation sites (tertiary alicyclic amines) is 1. The second kappa shape index (κ2) is 6.37. The molecule has 0 bridgehead atoms. The molecule has 0 radical (unpaired) electrons. The van der Waals surface area contributed by atoms with Gasteiger partial charge in [-0.05, 0) is 66.0 Å². The topological polar surface area (TPSA) is 53.4 Å². The molecule has 3 rings (SSSR count). The molecule has 0 amide bonds. The summed E-state index contributed by atoms with van der Waals surface area (Å²) < 4.78 is 0. The number of carboxylic acids is 1.